The Bertz CT molecular complexity index is 720. The van der Waals surface area contributed by atoms with Gasteiger partial charge >= 0.3 is 0 Å². The predicted octanol–water partition coefficient (Wildman–Crippen LogP) is 4.14. The zero-order valence-electron chi connectivity index (χ0n) is 12.8. The minimum Gasteiger partial charge on any atom is -0.497 e. The van der Waals surface area contributed by atoms with Crippen molar-refractivity contribution in [2.45, 2.75) is 5.37 Å². The first-order valence-electron chi connectivity index (χ1n) is 7.05. The van der Waals surface area contributed by atoms with Gasteiger partial charge in [-0.25, -0.2) is 0 Å². The summed E-state index contributed by atoms with van der Waals surface area (Å²) in [5, 5.41) is 0.510. The first kappa shape index (κ1) is 16.0. The maximum atomic E-state index is 12.4. The van der Waals surface area contributed by atoms with E-state index in [2.05, 4.69) is 0 Å². The predicted molar refractivity (Wildman–Crippen MR) is 93.7 cm³/mol. The smallest absolute Gasteiger partial charge is 0.238 e. The average molecular weight is 350 g/mol. The number of ether oxygens (including phenoxy) is 2. The van der Waals surface area contributed by atoms with Gasteiger partial charge in [-0.05, 0) is 36.4 Å². The number of halogens is 1. The van der Waals surface area contributed by atoms with E-state index in [1.54, 1.807) is 43.0 Å². The molecule has 2 aromatic carbocycles. The van der Waals surface area contributed by atoms with Gasteiger partial charge < -0.3 is 9.47 Å². The van der Waals surface area contributed by atoms with Crippen molar-refractivity contribution in [3.05, 3.63) is 53.1 Å². The monoisotopic (exact) mass is 349 g/mol. The summed E-state index contributed by atoms with van der Waals surface area (Å²) in [5.74, 6) is 1.93. The van der Waals surface area contributed by atoms with Gasteiger partial charge in [0.15, 0.2) is 0 Å². The lowest BCUT2D eigenvalue weighted by atomic mass is 10.1. The maximum absolute atomic E-state index is 12.4. The minimum absolute atomic E-state index is 0.0696. The summed E-state index contributed by atoms with van der Waals surface area (Å²) in [5.41, 5.74) is 1.77. The molecule has 6 heteroatoms. The second-order valence-electron chi connectivity index (χ2n) is 5.01. The largest absolute Gasteiger partial charge is 0.497 e. The molecular formula is C17H16ClNO3S. The Morgan fingerprint density at radius 1 is 1.13 bits per heavy atom. The van der Waals surface area contributed by atoms with Crippen LogP contribution in [0.25, 0.3) is 0 Å². The van der Waals surface area contributed by atoms with Crippen LogP contribution in [0.5, 0.6) is 11.5 Å². The molecule has 0 aromatic heterocycles. The van der Waals surface area contributed by atoms with Crippen molar-refractivity contribution in [1.82, 2.24) is 0 Å². The van der Waals surface area contributed by atoms with E-state index in [1.165, 1.54) is 0 Å². The van der Waals surface area contributed by atoms with Crippen LogP contribution in [0.15, 0.2) is 42.5 Å². The number of carbonyl (C=O) groups is 1. The zero-order valence-corrected chi connectivity index (χ0v) is 14.4. The highest BCUT2D eigenvalue weighted by molar-refractivity contribution is 8.00. The molecule has 0 bridgehead atoms. The van der Waals surface area contributed by atoms with Crippen LogP contribution in [0.1, 0.15) is 10.9 Å². The summed E-state index contributed by atoms with van der Waals surface area (Å²) >= 11 is 7.52. The first-order valence-corrected chi connectivity index (χ1v) is 8.48. The van der Waals surface area contributed by atoms with Gasteiger partial charge in [0.25, 0.3) is 0 Å². The fraction of sp³-hybridized carbons (Fsp3) is 0.235. The highest BCUT2D eigenvalue weighted by Gasteiger charge is 2.35. The number of thioether (sulfide) groups is 1. The number of hydrogen-bond acceptors (Lipinski definition) is 4. The van der Waals surface area contributed by atoms with Crippen LogP contribution in [0.3, 0.4) is 0 Å². The first-order chi connectivity index (χ1) is 11.1. The van der Waals surface area contributed by atoms with E-state index < -0.39 is 0 Å². The van der Waals surface area contributed by atoms with Crippen LogP contribution in [0.4, 0.5) is 5.69 Å². The van der Waals surface area contributed by atoms with E-state index in [1.807, 2.05) is 30.3 Å². The average Bonchev–Trinajstić information content (AvgIpc) is 2.96. The molecule has 1 heterocycles. The third kappa shape index (κ3) is 3.12. The summed E-state index contributed by atoms with van der Waals surface area (Å²) in [7, 11) is 3.23. The summed E-state index contributed by atoms with van der Waals surface area (Å²) in [6.45, 7) is 0. The lowest BCUT2D eigenvalue weighted by molar-refractivity contribution is -0.115. The molecule has 1 saturated heterocycles. The Hall–Kier alpha value is -1.85. The lowest BCUT2D eigenvalue weighted by Crippen LogP contribution is -2.27. The second kappa shape index (κ2) is 6.72. The Labute approximate surface area is 144 Å². The zero-order chi connectivity index (χ0) is 16.4. The van der Waals surface area contributed by atoms with E-state index in [9.17, 15) is 4.79 Å². The maximum Gasteiger partial charge on any atom is 0.238 e. The molecule has 0 aliphatic carbocycles. The fourth-order valence-corrected chi connectivity index (χ4v) is 3.89. The topological polar surface area (TPSA) is 38.8 Å². The number of hydrogen-bond donors (Lipinski definition) is 0. The molecule has 0 unspecified atom stereocenters. The van der Waals surface area contributed by atoms with E-state index in [-0.39, 0.29) is 11.3 Å². The molecule has 0 spiro atoms. The third-order valence-electron chi connectivity index (χ3n) is 3.68. The van der Waals surface area contributed by atoms with Gasteiger partial charge in [-0.1, -0.05) is 11.6 Å². The fourth-order valence-electron chi connectivity index (χ4n) is 2.56. The highest BCUT2D eigenvalue weighted by Crippen LogP contribution is 2.45. The van der Waals surface area contributed by atoms with E-state index in [0.717, 1.165) is 17.0 Å². The Morgan fingerprint density at radius 2 is 1.87 bits per heavy atom. The van der Waals surface area contributed by atoms with Gasteiger partial charge in [0.2, 0.25) is 5.91 Å². The number of rotatable bonds is 4. The summed E-state index contributed by atoms with van der Waals surface area (Å²) in [6, 6.07) is 12.9. The molecule has 0 saturated carbocycles. The van der Waals surface area contributed by atoms with Crippen molar-refractivity contribution in [2.24, 2.45) is 0 Å². The van der Waals surface area contributed by atoms with Crippen LogP contribution in [-0.4, -0.2) is 25.9 Å². The standard InChI is InChI=1S/C17H16ClNO3S/c1-21-13-7-8-14(15(9-13)22-2)17-19(16(20)10-23-17)12-5-3-11(18)4-6-12/h3-9,17H,10H2,1-2H3/t17-/m0/s1. The van der Waals surface area contributed by atoms with Gasteiger partial charge in [0.05, 0.1) is 20.0 Å². The Morgan fingerprint density at radius 3 is 2.52 bits per heavy atom. The molecule has 1 fully saturated rings. The molecular weight excluding hydrogens is 334 g/mol. The molecule has 1 amide bonds. The Kier molecular flexibility index (Phi) is 4.68. The third-order valence-corrected chi connectivity index (χ3v) is 5.13. The molecule has 1 aliphatic rings. The summed E-state index contributed by atoms with van der Waals surface area (Å²) in [6.07, 6.45) is 0. The molecule has 23 heavy (non-hydrogen) atoms. The molecule has 0 N–H and O–H groups in total. The van der Waals surface area contributed by atoms with Crippen molar-refractivity contribution in [2.75, 3.05) is 24.9 Å². The van der Waals surface area contributed by atoms with Crippen LogP contribution in [0.2, 0.25) is 5.02 Å². The molecule has 120 valence electrons. The molecule has 2 aromatic rings. The van der Waals surface area contributed by atoms with Gasteiger partial charge in [-0.15, -0.1) is 11.8 Å². The highest BCUT2D eigenvalue weighted by atomic mass is 35.5. The van der Waals surface area contributed by atoms with Crippen molar-refractivity contribution in [3.63, 3.8) is 0 Å². The van der Waals surface area contributed by atoms with Gasteiger partial charge in [-0.2, -0.15) is 0 Å². The van der Waals surface area contributed by atoms with E-state index >= 15 is 0 Å². The number of carbonyl (C=O) groups excluding carboxylic acids is 1. The van der Waals surface area contributed by atoms with Crippen molar-refractivity contribution >= 4 is 35.0 Å². The number of benzene rings is 2. The van der Waals surface area contributed by atoms with Crippen molar-refractivity contribution < 1.29 is 14.3 Å². The SMILES string of the molecule is COc1ccc([C@@H]2SCC(=O)N2c2ccc(Cl)cc2)c(OC)c1. The second-order valence-corrected chi connectivity index (χ2v) is 6.52. The molecule has 0 radical (unpaired) electrons. The normalized spacial score (nSPS) is 17.4. The van der Waals surface area contributed by atoms with Crippen LogP contribution in [-0.2, 0) is 4.79 Å². The molecule has 1 atom stereocenters. The van der Waals surface area contributed by atoms with Crippen LogP contribution in [0, 0.1) is 0 Å². The number of methoxy groups -OCH3 is 2. The van der Waals surface area contributed by atoms with Crippen molar-refractivity contribution in [1.29, 1.82) is 0 Å². The van der Waals surface area contributed by atoms with E-state index in [0.29, 0.717) is 16.5 Å². The van der Waals surface area contributed by atoms with Gasteiger partial charge in [-0.3, -0.25) is 9.69 Å². The minimum atomic E-state index is -0.135. The van der Waals surface area contributed by atoms with Crippen LogP contribution < -0.4 is 14.4 Å². The quantitative estimate of drug-likeness (QED) is 0.831. The summed E-state index contributed by atoms with van der Waals surface area (Å²) < 4.78 is 10.7. The van der Waals surface area contributed by atoms with E-state index in [4.69, 9.17) is 21.1 Å². The van der Waals surface area contributed by atoms with Gasteiger partial charge in [0.1, 0.15) is 16.9 Å². The van der Waals surface area contributed by atoms with Crippen molar-refractivity contribution in [3.8, 4) is 11.5 Å². The van der Waals surface area contributed by atoms with Crippen LogP contribution >= 0.6 is 23.4 Å². The Balaban J connectivity index is 2.01. The molecule has 4 nitrogen and oxygen atoms in total. The number of amides is 1. The number of nitrogens with zero attached hydrogens (tertiary/aromatic N) is 1. The summed E-state index contributed by atoms with van der Waals surface area (Å²) in [4.78, 5) is 14.2. The van der Waals surface area contributed by atoms with Gasteiger partial charge in [0, 0.05) is 22.3 Å². The lowest BCUT2D eigenvalue weighted by Gasteiger charge is -2.25. The molecule has 3 rings (SSSR count). The molecule has 1 aliphatic heterocycles. The number of anilines is 1.